The van der Waals surface area contributed by atoms with Crippen LogP contribution in [0.5, 0.6) is 0 Å². The molecule has 5 nitrogen and oxygen atoms in total. The largest absolute Gasteiger partial charge is 0.352 e. The van der Waals surface area contributed by atoms with Gasteiger partial charge in [0.25, 0.3) is 0 Å². The molecule has 1 saturated heterocycles. The lowest BCUT2D eigenvalue weighted by Gasteiger charge is -2.40. The molecular formula is C24H31FN2O3. The van der Waals surface area contributed by atoms with Crippen LogP contribution < -0.4 is 5.32 Å². The lowest BCUT2D eigenvalue weighted by molar-refractivity contribution is -0.145. The number of aryl methyl sites for hydroxylation is 1. The predicted molar refractivity (Wildman–Crippen MR) is 111 cm³/mol. The molecule has 3 atom stereocenters. The van der Waals surface area contributed by atoms with Gasteiger partial charge in [-0.1, -0.05) is 18.6 Å². The maximum absolute atomic E-state index is 13.7. The van der Waals surface area contributed by atoms with E-state index in [9.17, 15) is 18.8 Å². The Morgan fingerprint density at radius 1 is 1.07 bits per heavy atom. The second-order valence-corrected chi connectivity index (χ2v) is 9.30. The van der Waals surface area contributed by atoms with Gasteiger partial charge in [0.2, 0.25) is 11.8 Å². The molecule has 1 aliphatic heterocycles. The van der Waals surface area contributed by atoms with Gasteiger partial charge in [0, 0.05) is 43.3 Å². The Morgan fingerprint density at radius 2 is 1.73 bits per heavy atom. The first-order valence-corrected chi connectivity index (χ1v) is 11.3. The first kappa shape index (κ1) is 21.0. The van der Waals surface area contributed by atoms with Gasteiger partial charge < -0.3 is 10.2 Å². The van der Waals surface area contributed by atoms with E-state index in [1.165, 1.54) is 6.07 Å². The van der Waals surface area contributed by atoms with Crippen LogP contribution in [-0.4, -0.2) is 35.6 Å². The fraction of sp³-hybridized carbons (Fsp3) is 0.625. The van der Waals surface area contributed by atoms with Crippen LogP contribution in [0.15, 0.2) is 18.2 Å². The molecule has 6 heteroatoms. The van der Waals surface area contributed by atoms with Crippen molar-refractivity contribution in [3.05, 3.63) is 35.1 Å². The summed E-state index contributed by atoms with van der Waals surface area (Å²) < 4.78 is 13.7. The van der Waals surface area contributed by atoms with Gasteiger partial charge in [0.05, 0.1) is 0 Å². The first-order chi connectivity index (χ1) is 14.4. The molecule has 2 saturated carbocycles. The molecule has 0 spiro atoms. The summed E-state index contributed by atoms with van der Waals surface area (Å²) in [6.07, 6.45) is 5.70. The Balaban J connectivity index is 1.25. The van der Waals surface area contributed by atoms with E-state index in [1.807, 2.05) is 11.0 Å². The number of benzene rings is 1. The Kier molecular flexibility index (Phi) is 6.21. The number of amides is 2. The summed E-state index contributed by atoms with van der Waals surface area (Å²) in [5, 5.41) is 2.91. The SMILES string of the molecule is Cc1ccc(CNC(=O)C2CCN(C(=O)C3C[C@H]4CCC[C@@H](C3)C4=O)CC2)cc1F. The predicted octanol–water partition coefficient (Wildman–Crippen LogP) is 3.38. The van der Waals surface area contributed by atoms with Crippen LogP contribution in [0.3, 0.4) is 0 Å². The molecule has 3 aliphatic rings. The molecule has 0 radical (unpaired) electrons. The highest BCUT2D eigenvalue weighted by atomic mass is 19.1. The molecular weight excluding hydrogens is 383 g/mol. The summed E-state index contributed by atoms with van der Waals surface area (Å²) in [6, 6.07) is 5.00. The van der Waals surface area contributed by atoms with E-state index in [2.05, 4.69) is 5.32 Å². The average molecular weight is 415 g/mol. The van der Waals surface area contributed by atoms with Gasteiger partial charge >= 0.3 is 0 Å². The number of carbonyl (C=O) groups is 3. The summed E-state index contributed by atoms with van der Waals surface area (Å²) in [6.45, 7) is 3.21. The van der Waals surface area contributed by atoms with Crippen LogP contribution in [-0.2, 0) is 20.9 Å². The molecule has 162 valence electrons. The van der Waals surface area contributed by atoms with Crippen molar-refractivity contribution < 1.29 is 18.8 Å². The molecule has 1 aromatic carbocycles. The Labute approximate surface area is 177 Å². The molecule has 2 bridgehead atoms. The molecule has 1 heterocycles. The molecule has 0 aromatic heterocycles. The number of Topliss-reactive ketones (excluding diaryl/α,β-unsaturated/α-hetero) is 1. The van der Waals surface area contributed by atoms with Crippen LogP contribution in [0.2, 0.25) is 0 Å². The third-order valence-electron chi connectivity index (χ3n) is 7.28. The molecule has 1 unspecified atom stereocenters. The fourth-order valence-electron chi connectivity index (χ4n) is 5.38. The van der Waals surface area contributed by atoms with E-state index in [4.69, 9.17) is 0 Å². The first-order valence-electron chi connectivity index (χ1n) is 11.3. The molecule has 4 rings (SSSR count). The minimum Gasteiger partial charge on any atom is -0.352 e. The Morgan fingerprint density at radius 3 is 2.37 bits per heavy atom. The van der Waals surface area contributed by atoms with Gasteiger partial charge in [-0.15, -0.1) is 0 Å². The molecule has 1 aromatic rings. The van der Waals surface area contributed by atoms with Gasteiger partial charge in [0.15, 0.2) is 0 Å². The summed E-state index contributed by atoms with van der Waals surface area (Å²) >= 11 is 0. The van der Waals surface area contributed by atoms with Crippen molar-refractivity contribution in [1.29, 1.82) is 0 Å². The standard InChI is InChI=1S/C24H31FN2O3/c1-15-5-6-16(11-21(15)25)14-26-23(29)17-7-9-27(10-8-17)24(30)20-12-18-3-2-4-19(13-20)22(18)28/h5-6,11,17-20H,2-4,7-10,12-14H2,1H3,(H,26,29)/t18-,19+,20?. The van der Waals surface area contributed by atoms with Crippen molar-refractivity contribution in [3.8, 4) is 0 Å². The number of nitrogens with zero attached hydrogens (tertiary/aromatic N) is 1. The van der Waals surface area contributed by atoms with Gasteiger partial charge in [-0.2, -0.15) is 0 Å². The van der Waals surface area contributed by atoms with E-state index in [0.717, 1.165) is 24.8 Å². The summed E-state index contributed by atoms with van der Waals surface area (Å²) in [4.78, 5) is 39.7. The molecule has 1 N–H and O–H groups in total. The van der Waals surface area contributed by atoms with Crippen molar-refractivity contribution >= 4 is 17.6 Å². The number of carbonyl (C=O) groups excluding carboxylic acids is 3. The van der Waals surface area contributed by atoms with Crippen LogP contribution >= 0.6 is 0 Å². The molecule has 3 fully saturated rings. The third-order valence-corrected chi connectivity index (χ3v) is 7.28. The van der Waals surface area contributed by atoms with Crippen LogP contribution in [0.1, 0.15) is 56.1 Å². The van der Waals surface area contributed by atoms with Crippen molar-refractivity contribution in [2.45, 2.75) is 58.4 Å². The molecule has 30 heavy (non-hydrogen) atoms. The zero-order valence-electron chi connectivity index (χ0n) is 17.7. The number of fused-ring (bicyclic) bond motifs is 2. The number of hydrogen-bond donors (Lipinski definition) is 1. The number of likely N-dealkylation sites (tertiary alicyclic amines) is 1. The average Bonchev–Trinajstić information content (AvgIpc) is 2.74. The Bertz CT molecular complexity index is 816. The molecule has 2 aliphatic carbocycles. The normalized spacial score (nSPS) is 27.1. The van der Waals surface area contributed by atoms with Crippen molar-refractivity contribution in [3.63, 3.8) is 0 Å². The van der Waals surface area contributed by atoms with Crippen LogP contribution in [0, 0.1) is 36.4 Å². The molecule has 2 amide bonds. The monoisotopic (exact) mass is 414 g/mol. The highest BCUT2D eigenvalue weighted by molar-refractivity contribution is 5.88. The number of rotatable bonds is 4. The Hall–Kier alpha value is -2.24. The lowest BCUT2D eigenvalue weighted by Crippen LogP contribution is -2.48. The number of halogens is 1. The highest BCUT2D eigenvalue weighted by Crippen LogP contribution is 2.41. The third kappa shape index (κ3) is 4.42. The fourth-order valence-corrected chi connectivity index (χ4v) is 5.38. The topological polar surface area (TPSA) is 66.5 Å². The van der Waals surface area contributed by atoms with Gasteiger partial charge in [-0.25, -0.2) is 4.39 Å². The number of nitrogens with one attached hydrogen (secondary N) is 1. The summed E-state index contributed by atoms with van der Waals surface area (Å²) in [5.74, 6) is 0.296. The van der Waals surface area contributed by atoms with E-state index in [0.29, 0.717) is 56.7 Å². The van der Waals surface area contributed by atoms with E-state index < -0.39 is 0 Å². The minimum atomic E-state index is -0.262. The maximum Gasteiger partial charge on any atom is 0.225 e. The zero-order valence-corrected chi connectivity index (χ0v) is 17.7. The van der Waals surface area contributed by atoms with Crippen molar-refractivity contribution in [2.75, 3.05) is 13.1 Å². The van der Waals surface area contributed by atoms with Crippen molar-refractivity contribution in [1.82, 2.24) is 10.2 Å². The van der Waals surface area contributed by atoms with Crippen LogP contribution in [0.25, 0.3) is 0 Å². The zero-order chi connectivity index (χ0) is 21.3. The van der Waals surface area contributed by atoms with Gasteiger partial charge in [0.1, 0.15) is 11.6 Å². The minimum absolute atomic E-state index is 0.0270. The second-order valence-electron chi connectivity index (χ2n) is 9.30. The van der Waals surface area contributed by atoms with Crippen molar-refractivity contribution in [2.24, 2.45) is 23.7 Å². The maximum atomic E-state index is 13.7. The van der Waals surface area contributed by atoms with Gasteiger partial charge in [-0.3, -0.25) is 14.4 Å². The van der Waals surface area contributed by atoms with E-state index in [-0.39, 0.29) is 41.3 Å². The smallest absolute Gasteiger partial charge is 0.225 e. The van der Waals surface area contributed by atoms with E-state index in [1.54, 1.807) is 13.0 Å². The van der Waals surface area contributed by atoms with E-state index >= 15 is 0 Å². The summed E-state index contributed by atoms with van der Waals surface area (Å²) in [5.41, 5.74) is 1.34. The quantitative estimate of drug-likeness (QED) is 0.821. The number of ketones is 1. The number of hydrogen-bond acceptors (Lipinski definition) is 3. The van der Waals surface area contributed by atoms with Crippen LogP contribution in [0.4, 0.5) is 4.39 Å². The van der Waals surface area contributed by atoms with Gasteiger partial charge in [-0.05, 0) is 62.6 Å². The lowest BCUT2D eigenvalue weighted by atomic mass is 9.67. The highest BCUT2D eigenvalue weighted by Gasteiger charge is 2.42. The summed E-state index contributed by atoms with van der Waals surface area (Å²) in [7, 11) is 0. The number of piperidine rings is 1. The second kappa shape index (κ2) is 8.86.